The fraction of sp³-hybridized carbons (Fsp3) is 1.00. The summed E-state index contributed by atoms with van der Waals surface area (Å²) in [5.74, 6) is 1.72. The van der Waals surface area contributed by atoms with E-state index >= 15 is 0 Å². The molecule has 0 aromatic rings. The second kappa shape index (κ2) is 7.00. The van der Waals surface area contributed by atoms with Gasteiger partial charge in [-0.1, -0.05) is 46.0 Å². The van der Waals surface area contributed by atoms with Crippen LogP contribution in [0.4, 0.5) is 0 Å². The minimum atomic E-state index is 0.246. The predicted octanol–water partition coefficient (Wildman–Crippen LogP) is 4.67. The highest BCUT2D eigenvalue weighted by molar-refractivity contribution is 4.94. The SMILES string of the molecule is CC(C)C1CCCCC1NC1CCOC2(CCCCC2)C1. The zero-order valence-electron chi connectivity index (χ0n) is 14.2. The van der Waals surface area contributed by atoms with Gasteiger partial charge >= 0.3 is 0 Å². The van der Waals surface area contributed by atoms with Crippen molar-refractivity contribution in [1.29, 1.82) is 0 Å². The summed E-state index contributed by atoms with van der Waals surface area (Å²) in [7, 11) is 0. The number of rotatable bonds is 3. The highest BCUT2D eigenvalue weighted by Gasteiger charge is 2.39. The molecule has 122 valence electrons. The van der Waals surface area contributed by atoms with Gasteiger partial charge in [-0.15, -0.1) is 0 Å². The summed E-state index contributed by atoms with van der Waals surface area (Å²) in [5.41, 5.74) is 0.246. The fourth-order valence-corrected chi connectivity index (χ4v) is 5.18. The molecule has 0 amide bonds. The molecular weight excluding hydrogens is 258 g/mol. The van der Waals surface area contributed by atoms with Crippen molar-refractivity contribution in [1.82, 2.24) is 5.32 Å². The van der Waals surface area contributed by atoms with Crippen LogP contribution in [0.15, 0.2) is 0 Å². The largest absolute Gasteiger partial charge is 0.375 e. The Morgan fingerprint density at radius 3 is 2.48 bits per heavy atom. The van der Waals surface area contributed by atoms with Crippen LogP contribution in [0.25, 0.3) is 0 Å². The summed E-state index contributed by atoms with van der Waals surface area (Å²) in [5, 5.41) is 4.08. The van der Waals surface area contributed by atoms with Crippen LogP contribution < -0.4 is 5.32 Å². The summed E-state index contributed by atoms with van der Waals surface area (Å²) in [6, 6.07) is 1.48. The first kappa shape index (κ1) is 15.8. The monoisotopic (exact) mass is 293 g/mol. The molecule has 1 heterocycles. The lowest BCUT2D eigenvalue weighted by Crippen LogP contribution is -2.53. The summed E-state index contributed by atoms with van der Waals surface area (Å²) in [6.07, 6.45) is 15.0. The van der Waals surface area contributed by atoms with E-state index in [9.17, 15) is 0 Å². The van der Waals surface area contributed by atoms with Crippen LogP contribution in [0, 0.1) is 11.8 Å². The molecule has 0 aromatic carbocycles. The molecule has 1 saturated heterocycles. The highest BCUT2D eigenvalue weighted by atomic mass is 16.5. The van der Waals surface area contributed by atoms with Crippen molar-refractivity contribution in [2.45, 2.75) is 102 Å². The van der Waals surface area contributed by atoms with Gasteiger partial charge < -0.3 is 10.1 Å². The van der Waals surface area contributed by atoms with Crippen molar-refractivity contribution in [3.8, 4) is 0 Å². The van der Waals surface area contributed by atoms with E-state index < -0.39 is 0 Å². The maximum atomic E-state index is 6.26. The molecule has 0 bridgehead atoms. The lowest BCUT2D eigenvalue weighted by Gasteiger charge is -2.46. The van der Waals surface area contributed by atoms with E-state index in [1.165, 1.54) is 70.6 Å². The van der Waals surface area contributed by atoms with Gasteiger partial charge in [0.05, 0.1) is 5.60 Å². The van der Waals surface area contributed by atoms with Gasteiger partial charge in [0.25, 0.3) is 0 Å². The molecule has 2 aliphatic carbocycles. The molecule has 1 N–H and O–H groups in total. The molecule has 2 saturated carbocycles. The molecule has 3 atom stereocenters. The quantitative estimate of drug-likeness (QED) is 0.816. The van der Waals surface area contributed by atoms with Crippen molar-refractivity contribution in [2.24, 2.45) is 11.8 Å². The standard InChI is InChI=1S/C19H35NO/c1-15(2)17-8-4-5-9-18(17)20-16-10-13-21-19(14-16)11-6-3-7-12-19/h15-18,20H,3-14H2,1-2H3. The van der Waals surface area contributed by atoms with Crippen LogP contribution in [-0.4, -0.2) is 24.3 Å². The molecule has 1 spiro atoms. The van der Waals surface area contributed by atoms with Gasteiger partial charge in [0.2, 0.25) is 0 Å². The van der Waals surface area contributed by atoms with Crippen LogP contribution in [0.2, 0.25) is 0 Å². The third-order valence-corrected chi connectivity index (χ3v) is 6.38. The molecule has 21 heavy (non-hydrogen) atoms. The summed E-state index contributed by atoms with van der Waals surface area (Å²) < 4.78 is 6.26. The average molecular weight is 293 g/mol. The van der Waals surface area contributed by atoms with Crippen LogP contribution in [-0.2, 0) is 4.74 Å². The lowest BCUT2D eigenvalue weighted by atomic mass is 9.75. The maximum Gasteiger partial charge on any atom is 0.0697 e. The minimum absolute atomic E-state index is 0.246. The van der Waals surface area contributed by atoms with Crippen LogP contribution >= 0.6 is 0 Å². The van der Waals surface area contributed by atoms with Crippen molar-refractivity contribution in [3.05, 3.63) is 0 Å². The van der Waals surface area contributed by atoms with Gasteiger partial charge in [-0.25, -0.2) is 0 Å². The number of nitrogens with one attached hydrogen (secondary N) is 1. The third kappa shape index (κ3) is 3.82. The van der Waals surface area contributed by atoms with E-state index in [4.69, 9.17) is 4.74 Å². The van der Waals surface area contributed by atoms with Gasteiger partial charge in [0, 0.05) is 18.7 Å². The number of ether oxygens (including phenoxy) is 1. The first-order valence-corrected chi connectivity index (χ1v) is 9.59. The Labute approximate surface area is 131 Å². The molecule has 0 aromatic heterocycles. The summed E-state index contributed by atoms with van der Waals surface area (Å²) >= 11 is 0. The highest BCUT2D eigenvalue weighted by Crippen LogP contribution is 2.39. The topological polar surface area (TPSA) is 21.3 Å². The van der Waals surface area contributed by atoms with Crippen LogP contribution in [0.1, 0.15) is 84.5 Å². The van der Waals surface area contributed by atoms with E-state index in [1.807, 2.05) is 0 Å². The van der Waals surface area contributed by atoms with Crippen molar-refractivity contribution >= 4 is 0 Å². The molecule has 3 rings (SSSR count). The van der Waals surface area contributed by atoms with E-state index in [0.29, 0.717) is 6.04 Å². The maximum absolute atomic E-state index is 6.26. The molecule has 1 aliphatic heterocycles. The molecule has 3 unspecified atom stereocenters. The van der Waals surface area contributed by atoms with Crippen molar-refractivity contribution in [2.75, 3.05) is 6.61 Å². The van der Waals surface area contributed by atoms with Gasteiger partial charge in [-0.3, -0.25) is 0 Å². The van der Waals surface area contributed by atoms with Crippen LogP contribution in [0.3, 0.4) is 0 Å². The minimum Gasteiger partial charge on any atom is -0.375 e. The van der Waals surface area contributed by atoms with Crippen molar-refractivity contribution < 1.29 is 4.74 Å². The Balaban J connectivity index is 1.58. The predicted molar refractivity (Wildman–Crippen MR) is 88.5 cm³/mol. The van der Waals surface area contributed by atoms with Gasteiger partial charge in [-0.05, 0) is 50.4 Å². The second-order valence-electron chi connectivity index (χ2n) is 8.25. The van der Waals surface area contributed by atoms with E-state index in [2.05, 4.69) is 19.2 Å². The number of hydrogen-bond acceptors (Lipinski definition) is 2. The summed E-state index contributed by atoms with van der Waals surface area (Å²) in [4.78, 5) is 0. The zero-order valence-corrected chi connectivity index (χ0v) is 14.2. The van der Waals surface area contributed by atoms with E-state index in [1.54, 1.807) is 0 Å². The van der Waals surface area contributed by atoms with E-state index in [0.717, 1.165) is 24.5 Å². The van der Waals surface area contributed by atoms with Gasteiger partial charge in [0.15, 0.2) is 0 Å². The second-order valence-corrected chi connectivity index (χ2v) is 8.25. The lowest BCUT2D eigenvalue weighted by molar-refractivity contribution is -0.111. The Morgan fingerprint density at radius 2 is 1.71 bits per heavy atom. The molecule has 2 nitrogen and oxygen atoms in total. The first-order valence-electron chi connectivity index (χ1n) is 9.59. The zero-order chi connectivity index (χ0) is 14.7. The molecule has 0 radical (unpaired) electrons. The van der Waals surface area contributed by atoms with Crippen molar-refractivity contribution in [3.63, 3.8) is 0 Å². The summed E-state index contributed by atoms with van der Waals surface area (Å²) in [6.45, 7) is 5.81. The van der Waals surface area contributed by atoms with E-state index in [-0.39, 0.29) is 5.60 Å². The van der Waals surface area contributed by atoms with Gasteiger partial charge in [-0.2, -0.15) is 0 Å². The smallest absolute Gasteiger partial charge is 0.0697 e. The van der Waals surface area contributed by atoms with Crippen LogP contribution in [0.5, 0.6) is 0 Å². The molecule has 3 aliphatic rings. The molecular formula is C19H35NO. The third-order valence-electron chi connectivity index (χ3n) is 6.38. The Morgan fingerprint density at radius 1 is 0.952 bits per heavy atom. The number of hydrogen-bond donors (Lipinski definition) is 1. The fourth-order valence-electron chi connectivity index (χ4n) is 5.18. The van der Waals surface area contributed by atoms with Gasteiger partial charge in [0.1, 0.15) is 0 Å². The average Bonchev–Trinajstić information content (AvgIpc) is 2.48. The Kier molecular flexibility index (Phi) is 5.27. The molecule has 2 heteroatoms. The normalized spacial score (nSPS) is 37.0. The molecule has 3 fully saturated rings. The Hall–Kier alpha value is -0.0800. The first-order chi connectivity index (χ1) is 10.2. The Bertz CT molecular complexity index is 316.